The summed E-state index contributed by atoms with van der Waals surface area (Å²) in [7, 11) is -3.46. The van der Waals surface area contributed by atoms with Gasteiger partial charge in [0.05, 0.1) is 11.1 Å². The summed E-state index contributed by atoms with van der Waals surface area (Å²) in [6.45, 7) is 4.28. The van der Waals surface area contributed by atoms with Gasteiger partial charge in [-0.2, -0.15) is 4.31 Å². The first-order chi connectivity index (χ1) is 14.4. The molecular weight excluding hydrogens is 402 g/mol. The smallest absolute Gasteiger partial charge is 0.253 e. The Morgan fingerprint density at radius 1 is 1.00 bits per heavy atom. The van der Waals surface area contributed by atoms with E-state index in [9.17, 15) is 13.2 Å². The minimum atomic E-state index is -3.46. The van der Waals surface area contributed by atoms with Crippen LogP contribution in [0.3, 0.4) is 0 Å². The number of aromatic nitrogens is 1. The van der Waals surface area contributed by atoms with Crippen LogP contribution in [0.25, 0.3) is 0 Å². The highest BCUT2D eigenvalue weighted by Crippen LogP contribution is 2.23. The molecule has 7 nitrogen and oxygen atoms in total. The van der Waals surface area contributed by atoms with E-state index in [0.717, 1.165) is 37.1 Å². The minimum absolute atomic E-state index is 0.0616. The maximum Gasteiger partial charge on any atom is 0.253 e. The van der Waals surface area contributed by atoms with E-state index in [1.54, 1.807) is 35.4 Å². The van der Waals surface area contributed by atoms with E-state index in [2.05, 4.69) is 4.98 Å². The standard InChI is InChI=1S/C22H27N3O4S/c1-17-4-7-20(16-23-17)29-19-10-14-24(15-11-19)22(26)18-5-8-21(9-6-18)30(27,28)25-12-2-3-13-25/h4-9,16,19H,2-3,10-15H2,1H3. The van der Waals surface area contributed by atoms with Crippen molar-refractivity contribution in [3.05, 3.63) is 53.9 Å². The third-order valence-corrected chi connectivity index (χ3v) is 7.63. The van der Waals surface area contributed by atoms with Crippen molar-refractivity contribution in [2.24, 2.45) is 0 Å². The lowest BCUT2D eigenvalue weighted by Crippen LogP contribution is -2.41. The van der Waals surface area contributed by atoms with Crippen molar-refractivity contribution in [3.63, 3.8) is 0 Å². The summed E-state index contributed by atoms with van der Waals surface area (Å²) < 4.78 is 32.8. The largest absolute Gasteiger partial charge is 0.489 e. The maximum absolute atomic E-state index is 12.8. The second-order valence-corrected chi connectivity index (χ2v) is 9.82. The molecule has 160 valence electrons. The second-order valence-electron chi connectivity index (χ2n) is 7.88. The zero-order valence-electron chi connectivity index (χ0n) is 17.2. The van der Waals surface area contributed by atoms with Gasteiger partial charge in [-0.05, 0) is 56.2 Å². The number of nitrogens with zero attached hydrogens (tertiary/aromatic N) is 3. The van der Waals surface area contributed by atoms with Gasteiger partial charge < -0.3 is 9.64 Å². The summed E-state index contributed by atoms with van der Waals surface area (Å²) >= 11 is 0. The summed E-state index contributed by atoms with van der Waals surface area (Å²) in [5.41, 5.74) is 1.46. The Labute approximate surface area is 177 Å². The molecule has 2 aromatic rings. The lowest BCUT2D eigenvalue weighted by atomic mass is 10.1. The highest BCUT2D eigenvalue weighted by molar-refractivity contribution is 7.89. The third kappa shape index (κ3) is 4.49. The van der Waals surface area contributed by atoms with Crippen molar-refractivity contribution in [2.75, 3.05) is 26.2 Å². The number of amides is 1. The molecule has 2 fully saturated rings. The van der Waals surface area contributed by atoms with Crippen molar-refractivity contribution in [1.29, 1.82) is 0 Å². The third-order valence-electron chi connectivity index (χ3n) is 5.72. The summed E-state index contributed by atoms with van der Waals surface area (Å²) in [6.07, 6.45) is 5.09. The van der Waals surface area contributed by atoms with E-state index in [-0.39, 0.29) is 16.9 Å². The van der Waals surface area contributed by atoms with E-state index < -0.39 is 10.0 Å². The van der Waals surface area contributed by atoms with E-state index in [1.165, 1.54) is 4.31 Å². The van der Waals surface area contributed by atoms with Crippen molar-refractivity contribution in [1.82, 2.24) is 14.2 Å². The van der Waals surface area contributed by atoms with Crippen LogP contribution in [0.5, 0.6) is 5.75 Å². The molecule has 2 aliphatic rings. The highest BCUT2D eigenvalue weighted by Gasteiger charge is 2.28. The number of aryl methyl sites for hydroxylation is 1. The van der Waals surface area contributed by atoms with Crippen LogP contribution in [0, 0.1) is 6.92 Å². The molecule has 8 heteroatoms. The Hall–Kier alpha value is -2.45. The van der Waals surface area contributed by atoms with Crippen LogP contribution in [0.4, 0.5) is 0 Å². The molecule has 2 aliphatic heterocycles. The molecule has 0 atom stereocenters. The quantitative estimate of drug-likeness (QED) is 0.730. The van der Waals surface area contributed by atoms with Crippen LogP contribution in [0.2, 0.25) is 0 Å². The van der Waals surface area contributed by atoms with Crippen LogP contribution < -0.4 is 4.74 Å². The monoisotopic (exact) mass is 429 g/mol. The second kappa shape index (κ2) is 8.73. The highest BCUT2D eigenvalue weighted by atomic mass is 32.2. The molecule has 1 aromatic heterocycles. The van der Waals surface area contributed by atoms with Crippen LogP contribution in [-0.4, -0.2) is 60.8 Å². The zero-order chi connectivity index (χ0) is 21.1. The number of carbonyl (C=O) groups is 1. The van der Waals surface area contributed by atoms with Crippen LogP contribution in [-0.2, 0) is 10.0 Å². The Kier molecular flexibility index (Phi) is 6.06. The van der Waals surface area contributed by atoms with Crippen LogP contribution in [0.15, 0.2) is 47.5 Å². The molecule has 30 heavy (non-hydrogen) atoms. The fourth-order valence-corrected chi connectivity index (χ4v) is 5.44. The number of carbonyl (C=O) groups excluding carboxylic acids is 1. The number of pyridine rings is 1. The molecule has 0 aliphatic carbocycles. The lowest BCUT2D eigenvalue weighted by molar-refractivity contribution is 0.0595. The van der Waals surface area contributed by atoms with Gasteiger partial charge in [0.1, 0.15) is 11.9 Å². The molecule has 0 radical (unpaired) electrons. The molecule has 1 amide bonds. The van der Waals surface area contributed by atoms with Gasteiger partial charge in [0, 0.05) is 50.3 Å². The van der Waals surface area contributed by atoms with Gasteiger partial charge in [-0.1, -0.05) is 0 Å². The van der Waals surface area contributed by atoms with Gasteiger partial charge in [0.15, 0.2) is 0 Å². The Morgan fingerprint density at radius 2 is 1.67 bits per heavy atom. The normalized spacial score (nSPS) is 18.5. The summed E-state index contributed by atoms with van der Waals surface area (Å²) in [5.74, 6) is 0.677. The maximum atomic E-state index is 12.8. The van der Waals surface area contributed by atoms with Gasteiger partial charge in [0.25, 0.3) is 5.91 Å². The minimum Gasteiger partial charge on any atom is -0.489 e. The SMILES string of the molecule is Cc1ccc(OC2CCN(C(=O)c3ccc(S(=O)(=O)N4CCCC4)cc3)CC2)cn1. The molecule has 0 unspecified atom stereocenters. The first-order valence-corrected chi connectivity index (χ1v) is 11.9. The Balaban J connectivity index is 1.34. The topological polar surface area (TPSA) is 79.8 Å². The molecule has 2 saturated heterocycles. The molecule has 0 N–H and O–H groups in total. The first kappa shape index (κ1) is 20.8. The lowest BCUT2D eigenvalue weighted by Gasteiger charge is -2.32. The number of sulfonamides is 1. The number of piperidine rings is 1. The fourth-order valence-electron chi connectivity index (χ4n) is 3.92. The number of benzene rings is 1. The van der Waals surface area contributed by atoms with E-state index in [1.807, 2.05) is 19.1 Å². The predicted molar refractivity (Wildman–Crippen MR) is 113 cm³/mol. The number of likely N-dealkylation sites (tertiary alicyclic amines) is 1. The average Bonchev–Trinajstić information content (AvgIpc) is 3.31. The number of hydrogen-bond donors (Lipinski definition) is 0. The number of rotatable bonds is 5. The molecule has 0 spiro atoms. The first-order valence-electron chi connectivity index (χ1n) is 10.4. The van der Waals surface area contributed by atoms with E-state index in [0.29, 0.717) is 31.7 Å². The fraction of sp³-hybridized carbons (Fsp3) is 0.455. The Bertz CT molecular complexity index is 976. The summed E-state index contributed by atoms with van der Waals surface area (Å²) in [4.78, 5) is 19.1. The van der Waals surface area contributed by atoms with Gasteiger partial charge in [-0.3, -0.25) is 9.78 Å². The summed E-state index contributed by atoms with van der Waals surface area (Å²) in [5, 5.41) is 0. The molecule has 0 bridgehead atoms. The van der Waals surface area contributed by atoms with Crippen molar-refractivity contribution in [2.45, 2.75) is 43.6 Å². The molecule has 3 heterocycles. The Morgan fingerprint density at radius 3 is 2.27 bits per heavy atom. The van der Waals surface area contributed by atoms with Gasteiger partial charge >= 0.3 is 0 Å². The van der Waals surface area contributed by atoms with Crippen molar-refractivity contribution < 1.29 is 17.9 Å². The van der Waals surface area contributed by atoms with Crippen LogP contribution >= 0.6 is 0 Å². The summed E-state index contributed by atoms with van der Waals surface area (Å²) in [6, 6.07) is 10.2. The molecule has 1 aromatic carbocycles. The van der Waals surface area contributed by atoms with Crippen LogP contribution in [0.1, 0.15) is 41.7 Å². The molecule has 4 rings (SSSR count). The van der Waals surface area contributed by atoms with Gasteiger partial charge in [0.2, 0.25) is 10.0 Å². The number of hydrogen-bond acceptors (Lipinski definition) is 5. The number of ether oxygens (including phenoxy) is 1. The van der Waals surface area contributed by atoms with E-state index >= 15 is 0 Å². The van der Waals surface area contributed by atoms with Gasteiger partial charge in [-0.25, -0.2) is 8.42 Å². The van der Waals surface area contributed by atoms with Crippen molar-refractivity contribution >= 4 is 15.9 Å². The van der Waals surface area contributed by atoms with Crippen molar-refractivity contribution in [3.8, 4) is 5.75 Å². The van der Waals surface area contributed by atoms with E-state index in [4.69, 9.17) is 4.74 Å². The van der Waals surface area contributed by atoms with Gasteiger partial charge in [-0.15, -0.1) is 0 Å². The zero-order valence-corrected chi connectivity index (χ0v) is 18.0. The molecular formula is C22H27N3O4S. The molecule has 0 saturated carbocycles. The average molecular weight is 430 g/mol. The predicted octanol–water partition coefficient (Wildman–Crippen LogP) is 2.86.